The predicted octanol–water partition coefficient (Wildman–Crippen LogP) is 4.35. The highest BCUT2D eigenvalue weighted by molar-refractivity contribution is 6.02. The third kappa shape index (κ3) is 5.57. The van der Waals surface area contributed by atoms with Crippen LogP contribution in [-0.4, -0.2) is 24.5 Å². The molecular formula is C20H22N2O5. The lowest BCUT2D eigenvalue weighted by atomic mass is 10.1. The van der Waals surface area contributed by atoms with E-state index in [-0.39, 0.29) is 11.6 Å². The number of nitro groups is 1. The summed E-state index contributed by atoms with van der Waals surface area (Å²) in [6.45, 7) is 4.32. The van der Waals surface area contributed by atoms with E-state index in [9.17, 15) is 14.9 Å². The van der Waals surface area contributed by atoms with Gasteiger partial charge in [0.1, 0.15) is 0 Å². The summed E-state index contributed by atoms with van der Waals surface area (Å²) in [5, 5.41) is 13.5. The van der Waals surface area contributed by atoms with Gasteiger partial charge in [-0.1, -0.05) is 13.0 Å². The van der Waals surface area contributed by atoms with E-state index in [1.54, 1.807) is 32.2 Å². The Morgan fingerprint density at radius 3 is 2.63 bits per heavy atom. The molecule has 1 amide bonds. The summed E-state index contributed by atoms with van der Waals surface area (Å²) in [7, 11) is 1.56. The van der Waals surface area contributed by atoms with Gasteiger partial charge in [-0.25, -0.2) is 0 Å². The third-order valence-electron chi connectivity index (χ3n) is 3.76. The van der Waals surface area contributed by atoms with Gasteiger partial charge in [-0.3, -0.25) is 14.9 Å². The van der Waals surface area contributed by atoms with Crippen molar-refractivity contribution in [2.45, 2.75) is 20.3 Å². The van der Waals surface area contributed by atoms with Crippen LogP contribution in [-0.2, 0) is 4.79 Å². The second-order valence-electron chi connectivity index (χ2n) is 5.84. The Balaban J connectivity index is 2.07. The number of aryl methyl sites for hydroxylation is 1. The molecule has 2 rings (SSSR count). The third-order valence-corrected chi connectivity index (χ3v) is 3.76. The van der Waals surface area contributed by atoms with Crippen molar-refractivity contribution in [2.24, 2.45) is 0 Å². The zero-order chi connectivity index (χ0) is 19.8. The van der Waals surface area contributed by atoms with Crippen LogP contribution in [0.3, 0.4) is 0 Å². The van der Waals surface area contributed by atoms with Crippen LogP contribution in [0.5, 0.6) is 11.5 Å². The molecule has 0 fully saturated rings. The van der Waals surface area contributed by atoms with Crippen molar-refractivity contribution in [1.82, 2.24) is 0 Å². The van der Waals surface area contributed by atoms with Gasteiger partial charge < -0.3 is 14.8 Å². The Morgan fingerprint density at radius 1 is 1.22 bits per heavy atom. The molecule has 0 spiro atoms. The largest absolute Gasteiger partial charge is 0.493 e. The molecule has 0 atom stereocenters. The van der Waals surface area contributed by atoms with E-state index >= 15 is 0 Å². The van der Waals surface area contributed by atoms with E-state index in [0.717, 1.165) is 12.0 Å². The molecule has 0 radical (unpaired) electrons. The van der Waals surface area contributed by atoms with E-state index in [0.29, 0.717) is 29.4 Å². The van der Waals surface area contributed by atoms with Gasteiger partial charge in [0.2, 0.25) is 5.91 Å². The monoisotopic (exact) mass is 370 g/mol. The molecule has 1 N–H and O–H groups in total. The Morgan fingerprint density at radius 2 is 2.00 bits per heavy atom. The summed E-state index contributed by atoms with van der Waals surface area (Å²) >= 11 is 0. The molecule has 0 aromatic heterocycles. The number of non-ortho nitro benzene ring substituents is 1. The lowest BCUT2D eigenvalue weighted by Gasteiger charge is -2.10. The van der Waals surface area contributed by atoms with Crippen molar-refractivity contribution < 1.29 is 19.2 Å². The Hall–Kier alpha value is -3.35. The van der Waals surface area contributed by atoms with Crippen molar-refractivity contribution in [3.05, 3.63) is 63.7 Å². The zero-order valence-electron chi connectivity index (χ0n) is 15.5. The van der Waals surface area contributed by atoms with Crippen LogP contribution in [0, 0.1) is 17.0 Å². The molecule has 2 aromatic carbocycles. The van der Waals surface area contributed by atoms with Crippen molar-refractivity contribution in [3.63, 3.8) is 0 Å². The number of nitrogens with zero attached hydrogens (tertiary/aromatic N) is 1. The number of hydrogen-bond donors (Lipinski definition) is 1. The lowest BCUT2D eigenvalue weighted by molar-refractivity contribution is -0.384. The number of anilines is 1. The van der Waals surface area contributed by atoms with Crippen LogP contribution in [0.1, 0.15) is 24.5 Å². The molecule has 142 valence electrons. The van der Waals surface area contributed by atoms with Crippen molar-refractivity contribution >= 4 is 23.4 Å². The molecule has 7 heteroatoms. The average Bonchev–Trinajstić information content (AvgIpc) is 2.66. The van der Waals surface area contributed by atoms with E-state index in [2.05, 4.69) is 5.32 Å². The topological polar surface area (TPSA) is 90.7 Å². The lowest BCUT2D eigenvalue weighted by Crippen LogP contribution is -2.09. The molecule has 0 saturated carbocycles. The highest BCUT2D eigenvalue weighted by atomic mass is 16.6. The van der Waals surface area contributed by atoms with Crippen molar-refractivity contribution in [1.29, 1.82) is 0 Å². The zero-order valence-corrected chi connectivity index (χ0v) is 15.5. The first-order valence-corrected chi connectivity index (χ1v) is 8.49. The number of carbonyl (C=O) groups is 1. The number of nitrogens with one attached hydrogen (secondary N) is 1. The number of benzene rings is 2. The first-order chi connectivity index (χ1) is 12.9. The highest BCUT2D eigenvalue weighted by Gasteiger charge is 2.09. The summed E-state index contributed by atoms with van der Waals surface area (Å²) in [6, 6.07) is 9.69. The minimum absolute atomic E-state index is 0.0153. The summed E-state index contributed by atoms with van der Waals surface area (Å²) in [6.07, 6.45) is 3.94. The normalized spacial score (nSPS) is 10.6. The van der Waals surface area contributed by atoms with Crippen LogP contribution < -0.4 is 14.8 Å². The number of ether oxygens (including phenoxy) is 2. The molecule has 0 unspecified atom stereocenters. The summed E-state index contributed by atoms with van der Waals surface area (Å²) in [4.78, 5) is 22.4. The van der Waals surface area contributed by atoms with E-state index < -0.39 is 4.92 Å². The fraction of sp³-hybridized carbons (Fsp3) is 0.250. The molecule has 27 heavy (non-hydrogen) atoms. The van der Waals surface area contributed by atoms with Gasteiger partial charge in [0.25, 0.3) is 5.69 Å². The fourth-order valence-electron chi connectivity index (χ4n) is 2.37. The van der Waals surface area contributed by atoms with Crippen LogP contribution in [0.2, 0.25) is 0 Å². The SMILES string of the molecule is CCCOc1ccc(C=CC(=O)Nc2ccc([N+](=O)[O-])cc2C)cc1OC. The van der Waals surface area contributed by atoms with Gasteiger partial charge in [0.05, 0.1) is 18.6 Å². The number of rotatable bonds is 8. The average molecular weight is 370 g/mol. The molecule has 7 nitrogen and oxygen atoms in total. The maximum Gasteiger partial charge on any atom is 0.269 e. The Labute approximate surface area is 157 Å². The van der Waals surface area contributed by atoms with E-state index in [1.807, 2.05) is 13.0 Å². The number of nitro benzene ring substituents is 1. The second kappa shape index (κ2) is 9.38. The van der Waals surface area contributed by atoms with Gasteiger partial charge in [-0.2, -0.15) is 0 Å². The van der Waals surface area contributed by atoms with Gasteiger partial charge >= 0.3 is 0 Å². The first kappa shape index (κ1) is 20.0. The molecule has 0 saturated heterocycles. The van der Waals surface area contributed by atoms with Crippen molar-refractivity contribution in [3.8, 4) is 11.5 Å². The Kier molecular flexibility index (Phi) is 6.93. The van der Waals surface area contributed by atoms with Gasteiger partial charge in [0.15, 0.2) is 11.5 Å². The minimum Gasteiger partial charge on any atom is -0.493 e. The highest BCUT2D eigenvalue weighted by Crippen LogP contribution is 2.28. The van der Waals surface area contributed by atoms with Crippen LogP contribution >= 0.6 is 0 Å². The molecule has 0 aliphatic rings. The molecule has 0 bridgehead atoms. The van der Waals surface area contributed by atoms with Gasteiger partial charge in [-0.05, 0) is 48.7 Å². The molecule has 2 aromatic rings. The van der Waals surface area contributed by atoms with Crippen LogP contribution in [0.15, 0.2) is 42.5 Å². The summed E-state index contributed by atoms with van der Waals surface area (Å²) in [5.74, 6) is 0.914. The summed E-state index contributed by atoms with van der Waals surface area (Å²) < 4.78 is 10.9. The molecule has 0 heterocycles. The number of hydrogen-bond acceptors (Lipinski definition) is 5. The predicted molar refractivity (Wildman–Crippen MR) is 104 cm³/mol. The molecular weight excluding hydrogens is 348 g/mol. The smallest absolute Gasteiger partial charge is 0.269 e. The molecule has 0 aliphatic heterocycles. The number of methoxy groups -OCH3 is 1. The standard InChI is InChI=1S/C20H22N2O5/c1-4-11-27-18-9-5-15(13-19(18)26-3)6-10-20(23)21-17-8-7-16(22(24)25)12-14(17)2/h5-10,12-13H,4,11H2,1-3H3,(H,21,23). The summed E-state index contributed by atoms with van der Waals surface area (Å²) in [5.41, 5.74) is 1.91. The van der Waals surface area contributed by atoms with Crippen molar-refractivity contribution in [2.75, 3.05) is 19.0 Å². The second-order valence-corrected chi connectivity index (χ2v) is 5.84. The quantitative estimate of drug-likeness (QED) is 0.424. The van der Waals surface area contributed by atoms with Gasteiger partial charge in [-0.15, -0.1) is 0 Å². The minimum atomic E-state index is -0.472. The first-order valence-electron chi connectivity index (χ1n) is 8.49. The fourth-order valence-corrected chi connectivity index (χ4v) is 2.37. The maximum atomic E-state index is 12.1. The molecule has 0 aliphatic carbocycles. The van der Waals surface area contributed by atoms with Gasteiger partial charge in [0, 0.05) is 23.9 Å². The van der Waals surface area contributed by atoms with Crippen LogP contribution in [0.25, 0.3) is 6.08 Å². The number of amides is 1. The van der Waals surface area contributed by atoms with E-state index in [4.69, 9.17) is 9.47 Å². The van der Waals surface area contributed by atoms with Crippen LogP contribution in [0.4, 0.5) is 11.4 Å². The maximum absolute atomic E-state index is 12.1. The Bertz CT molecular complexity index is 861. The van der Waals surface area contributed by atoms with E-state index in [1.165, 1.54) is 24.3 Å². The number of carbonyl (C=O) groups excluding carboxylic acids is 1.